The lowest BCUT2D eigenvalue weighted by Gasteiger charge is -2.38. The number of rotatable bonds is 4. The summed E-state index contributed by atoms with van der Waals surface area (Å²) in [6.45, 7) is 10.1. The molecule has 1 N–H and O–H groups in total. The number of ether oxygens (including phenoxy) is 3. The molecule has 1 unspecified atom stereocenters. The van der Waals surface area contributed by atoms with Crippen LogP contribution < -0.4 is 19.5 Å². The molecule has 2 rings (SSSR count). The fourth-order valence-electron chi connectivity index (χ4n) is 2.86. The van der Waals surface area contributed by atoms with Crippen LogP contribution >= 0.6 is 0 Å². The maximum atomic E-state index is 5.75. The highest BCUT2D eigenvalue weighted by molar-refractivity contribution is 5.62. The lowest BCUT2D eigenvalue weighted by atomic mass is 9.76. The predicted molar refractivity (Wildman–Crippen MR) is 80.2 cm³/mol. The molecule has 1 aliphatic heterocycles. The first-order valence-electron chi connectivity index (χ1n) is 7.11. The molecule has 112 valence electrons. The normalized spacial score (nSPS) is 20.2. The molecule has 4 nitrogen and oxygen atoms in total. The highest BCUT2D eigenvalue weighted by Crippen LogP contribution is 2.49. The molecule has 0 fully saturated rings. The van der Waals surface area contributed by atoms with Gasteiger partial charge in [-0.1, -0.05) is 13.8 Å². The number of nitrogens with one attached hydrogen (secondary N) is 1. The predicted octanol–water partition coefficient (Wildman–Crippen LogP) is 3.04. The third-order valence-electron chi connectivity index (χ3n) is 3.97. The van der Waals surface area contributed by atoms with E-state index >= 15 is 0 Å². The van der Waals surface area contributed by atoms with Gasteiger partial charge in [-0.2, -0.15) is 0 Å². The first kappa shape index (κ1) is 15.0. The van der Waals surface area contributed by atoms with E-state index in [9.17, 15) is 0 Å². The Hall–Kier alpha value is -1.42. The Bertz CT molecular complexity index is 497. The molecule has 1 aromatic carbocycles. The summed E-state index contributed by atoms with van der Waals surface area (Å²) in [7, 11) is 3.35. The molecular formula is C16H25NO3. The van der Waals surface area contributed by atoms with Gasteiger partial charge in [-0.15, -0.1) is 0 Å². The summed E-state index contributed by atoms with van der Waals surface area (Å²) >= 11 is 0. The van der Waals surface area contributed by atoms with Gasteiger partial charge in [0.25, 0.3) is 0 Å². The maximum absolute atomic E-state index is 5.75. The van der Waals surface area contributed by atoms with Gasteiger partial charge in [-0.25, -0.2) is 0 Å². The van der Waals surface area contributed by atoms with Gasteiger partial charge in [0.1, 0.15) is 0 Å². The molecule has 0 amide bonds. The Kier molecular flexibility index (Phi) is 4.14. The Morgan fingerprint density at radius 2 is 1.95 bits per heavy atom. The van der Waals surface area contributed by atoms with Gasteiger partial charge >= 0.3 is 0 Å². The van der Waals surface area contributed by atoms with Crippen LogP contribution in [0.5, 0.6) is 17.2 Å². The van der Waals surface area contributed by atoms with E-state index in [0.29, 0.717) is 12.4 Å². The van der Waals surface area contributed by atoms with E-state index in [4.69, 9.17) is 14.2 Å². The van der Waals surface area contributed by atoms with Crippen molar-refractivity contribution in [1.82, 2.24) is 5.32 Å². The van der Waals surface area contributed by atoms with Crippen LogP contribution in [0.25, 0.3) is 0 Å². The van der Waals surface area contributed by atoms with Crippen LogP contribution in [0.3, 0.4) is 0 Å². The molecule has 0 aromatic heterocycles. The Morgan fingerprint density at radius 3 is 2.50 bits per heavy atom. The van der Waals surface area contributed by atoms with Crippen LogP contribution in [0.15, 0.2) is 6.07 Å². The zero-order chi connectivity index (χ0) is 14.9. The standard InChI is InChI=1S/C16H25NO3/c1-7-20-14-12(18-5)8-11-13(15(14)19-6)10(2)17-9-16(11,3)4/h8,10,17H,7,9H2,1-6H3. The van der Waals surface area contributed by atoms with Crippen LogP contribution in [0.2, 0.25) is 0 Å². The molecule has 0 saturated heterocycles. The molecule has 0 aliphatic carbocycles. The van der Waals surface area contributed by atoms with Gasteiger partial charge in [0.15, 0.2) is 11.5 Å². The molecule has 0 radical (unpaired) electrons. The van der Waals surface area contributed by atoms with Gasteiger partial charge in [0.2, 0.25) is 5.75 Å². The minimum Gasteiger partial charge on any atom is -0.493 e. The maximum Gasteiger partial charge on any atom is 0.203 e. The summed E-state index contributed by atoms with van der Waals surface area (Å²) in [5.41, 5.74) is 2.47. The third kappa shape index (κ3) is 2.33. The fraction of sp³-hybridized carbons (Fsp3) is 0.625. The number of hydrogen-bond donors (Lipinski definition) is 1. The molecule has 0 saturated carbocycles. The average Bonchev–Trinajstić information content (AvgIpc) is 2.43. The molecule has 1 aromatic rings. The van der Waals surface area contributed by atoms with E-state index < -0.39 is 0 Å². The summed E-state index contributed by atoms with van der Waals surface area (Å²) in [6.07, 6.45) is 0. The van der Waals surface area contributed by atoms with E-state index in [1.807, 2.05) is 6.92 Å². The molecule has 0 spiro atoms. The van der Waals surface area contributed by atoms with E-state index in [1.54, 1.807) is 14.2 Å². The van der Waals surface area contributed by atoms with Gasteiger partial charge in [-0.05, 0) is 25.5 Å². The summed E-state index contributed by atoms with van der Waals surface area (Å²) in [5, 5.41) is 3.53. The van der Waals surface area contributed by atoms with Crippen molar-refractivity contribution in [1.29, 1.82) is 0 Å². The molecule has 1 heterocycles. The Morgan fingerprint density at radius 1 is 1.25 bits per heavy atom. The first-order chi connectivity index (χ1) is 9.46. The summed E-state index contributed by atoms with van der Waals surface area (Å²) in [4.78, 5) is 0. The highest BCUT2D eigenvalue weighted by Gasteiger charge is 2.35. The molecule has 1 aliphatic rings. The summed E-state index contributed by atoms with van der Waals surface area (Å²) in [5.74, 6) is 2.22. The van der Waals surface area contributed by atoms with Gasteiger partial charge < -0.3 is 19.5 Å². The number of hydrogen-bond acceptors (Lipinski definition) is 4. The van der Waals surface area contributed by atoms with Crippen LogP contribution in [0.4, 0.5) is 0 Å². The van der Waals surface area contributed by atoms with E-state index in [-0.39, 0.29) is 11.5 Å². The van der Waals surface area contributed by atoms with Crippen molar-refractivity contribution in [3.8, 4) is 17.2 Å². The SMILES string of the molecule is CCOc1c(OC)cc2c(c1OC)C(C)NCC2(C)C. The zero-order valence-electron chi connectivity index (χ0n) is 13.3. The second kappa shape index (κ2) is 5.52. The van der Waals surface area contributed by atoms with E-state index in [1.165, 1.54) is 11.1 Å². The smallest absolute Gasteiger partial charge is 0.203 e. The second-order valence-electron chi connectivity index (χ2n) is 5.82. The summed E-state index contributed by atoms with van der Waals surface area (Å²) in [6, 6.07) is 2.33. The molecule has 0 bridgehead atoms. The molecule has 1 atom stereocenters. The average molecular weight is 279 g/mol. The Labute approximate surface area is 121 Å². The van der Waals surface area contributed by atoms with Crippen LogP contribution in [-0.4, -0.2) is 27.4 Å². The van der Waals surface area contributed by atoms with Crippen molar-refractivity contribution in [2.24, 2.45) is 0 Å². The van der Waals surface area contributed by atoms with Crippen molar-refractivity contribution >= 4 is 0 Å². The highest BCUT2D eigenvalue weighted by atomic mass is 16.5. The molecule has 4 heteroatoms. The summed E-state index contributed by atoms with van der Waals surface area (Å²) < 4.78 is 16.9. The van der Waals surface area contributed by atoms with Crippen molar-refractivity contribution in [3.05, 3.63) is 17.2 Å². The Balaban J connectivity index is 2.73. The van der Waals surface area contributed by atoms with Crippen LogP contribution in [0.1, 0.15) is 44.9 Å². The van der Waals surface area contributed by atoms with Crippen LogP contribution in [-0.2, 0) is 5.41 Å². The number of benzene rings is 1. The minimum atomic E-state index is 0.0349. The quantitative estimate of drug-likeness (QED) is 0.919. The second-order valence-corrected chi connectivity index (χ2v) is 5.82. The molecular weight excluding hydrogens is 254 g/mol. The van der Waals surface area contributed by atoms with Crippen LogP contribution in [0, 0.1) is 0 Å². The third-order valence-corrected chi connectivity index (χ3v) is 3.97. The molecule has 20 heavy (non-hydrogen) atoms. The van der Waals surface area contributed by atoms with E-state index in [2.05, 4.69) is 32.2 Å². The van der Waals surface area contributed by atoms with Crippen molar-refractivity contribution in [2.75, 3.05) is 27.4 Å². The number of methoxy groups -OCH3 is 2. The minimum absolute atomic E-state index is 0.0349. The largest absolute Gasteiger partial charge is 0.493 e. The monoisotopic (exact) mass is 279 g/mol. The lowest BCUT2D eigenvalue weighted by Crippen LogP contribution is -2.41. The van der Waals surface area contributed by atoms with Crippen molar-refractivity contribution in [3.63, 3.8) is 0 Å². The van der Waals surface area contributed by atoms with Gasteiger partial charge in [0.05, 0.1) is 20.8 Å². The van der Waals surface area contributed by atoms with E-state index in [0.717, 1.165) is 18.0 Å². The number of fused-ring (bicyclic) bond motifs is 1. The topological polar surface area (TPSA) is 39.7 Å². The van der Waals surface area contributed by atoms with Gasteiger partial charge in [0, 0.05) is 23.6 Å². The van der Waals surface area contributed by atoms with Gasteiger partial charge in [-0.3, -0.25) is 0 Å². The zero-order valence-corrected chi connectivity index (χ0v) is 13.3. The first-order valence-corrected chi connectivity index (χ1v) is 7.11. The fourth-order valence-corrected chi connectivity index (χ4v) is 2.86. The lowest BCUT2D eigenvalue weighted by molar-refractivity contribution is 0.279. The van der Waals surface area contributed by atoms with Crippen molar-refractivity contribution in [2.45, 2.75) is 39.2 Å². The van der Waals surface area contributed by atoms with Crippen molar-refractivity contribution < 1.29 is 14.2 Å².